The fraction of sp³-hybridized carbons (Fsp3) is 0.750. The molecule has 5 nitrogen and oxygen atoms in total. The van der Waals surface area contributed by atoms with E-state index in [4.69, 9.17) is 0 Å². The highest BCUT2D eigenvalue weighted by Crippen LogP contribution is 2.38. The average molecular weight is 345 g/mol. The molecule has 3 aliphatic rings. The van der Waals surface area contributed by atoms with Gasteiger partial charge in [-0.3, -0.25) is 9.69 Å². The minimum atomic E-state index is 0.169. The molecule has 25 heavy (non-hydrogen) atoms. The van der Waals surface area contributed by atoms with Crippen LogP contribution >= 0.6 is 0 Å². The van der Waals surface area contributed by atoms with Gasteiger partial charge in [0.25, 0.3) is 5.91 Å². The maximum absolute atomic E-state index is 12.7. The molecule has 0 aliphatic carbocycles. The lowest BCUT2D eigenvalue weighted by Crippen LogP contribution is -2.51. The summed E-state index contributed by atoms with van der Waals surface area (Å²) >= 11 is 0. The number of hydrogen-bond donors (Lipinski definition) is 1. The third-order valence-electron chi connectivity index (χ3n) is 6.45. The van der Waals surface area contributed by atoms with Gasteiger partial charge >= 0.3 is 0 Å². The van der Waals surface area contributed by atoms with E-state index >= 15 is 0 Å². The monoisotopic (exact) mass is 344 g/mol. The maximum Gasteiger partial charge on any atom is 0.270 e. The third-order valence-corrected chi connectivity index (χ3v) is 6.45. The van der Waals surface area contributed by atoms with Crippen LogP contribution in [-0.2, 0) is 0 Å². The van der Waals surface area contributed by atoms with Gasteiger partial charge in [-0.1, -0.05) is 0 Å². The van der Waals surface area contributed by atoms with Gasteiger partial charge in [-0.2, -0.15) is 0 Å². The van der Waals surface area contributed by atoms with Crippen LogP contribution in [0.5, 0.6) is 0 Å². The number of likely N-dealkylation sites (tertiary alicyclic amines) is 3. The molecule has 0 bridgehead atoms. The summed E-state index contributed by atoms with van der Waals surface area (Å²) in [4.78, 5) is 23.3. The molecule has 5 heteroatoms. The fourth-order valence-electron chi connectivity index (χ4n) is 5.44. The first-order valence-corrected chi connectivity index (χ1v) is 10.1. The summed E-state index contributed by atoms with van der Waals surface area (Å²) < 4.78 is 0. The molecule has 1 amide bonds. The van der Waals surface area contributed by atoms with Gasteiger partial charge in [-0.25, -0.2) is 0 Å². The predicted octanol–water partition coefficient (Wildman–Crippen LogP) is 2.42. The van der Waals surface area contributed by atoms with Crippen molar-refractivity contribution in [2.45, 2.75) is 57.7 Å². The van der Waals surface area contributed by atoms with E-state index in [-0.39, 0.29) is 5.91 Å². The first-order chi connectivity index (χ1) is 12.1. The van der Waals surface area contributed by atoms with E-state index in [1.165, 1.54) is 38.9 Å². The van der Waals surface area contributed by atoms with Gasteiger partial charge in [-0.15, -0.1) is 0 Å². The van der Waals surface area contributed by atoms with E-state index in [2.05, 4.69) is 33.5 Å². The van der Waals surface area contributed by atoms with Crippen LogP contribution in [0.2, 0.25) is 0 Å². The topological polar surface area (TPSA) is 42.6 Å². The van der Waals surface area contributed by atoms with E-state index in [1.807, 2.05) is 18.3 Å². The number of aromatic amines is 1. The standard InChI is InChI=1S/C20H32N4O/c1-15(2)24-17(14-22-9-3-4-10-22)12-16-13-23(11-7-19(16)24)20(25)18-6-5-8-21-18/h5-6,8,15-17,19,21H,3-4,7,9-14H2,1-2H3/t16-,17+,19+/m1/s1. The molecule has 0 radical (unpaired) electrons. The van der Waals surface area contributed by atoms with Crippen molar-refractivity contribution >= 4 is 5.91 Å². The van der Waals surface area contributed by atoms with E-state index < -0.39 is 0 Å². The fourth-order valence-corrected chi connectivity index (χ4v) is 5.44. The Bertz CT molecular complexity index is 579. The first-order valence-electron chi connectivity index (χ1n) is 10.1. The molecular formula is C20H32N4O. The molecule has 1 N–H and O–H groups in total. The molecule has 3 atom stereocenters. The molecule has 0 spiro atoms. The van der Waals surface area contributed by atoms with Crippen LogP contribution in [0.3, 0.4) is 0 Å². The van der Waals surface area contributed by atoms with Crippen LogP contribution in [0.1, 0.15) is 50.0 Å². The van der Waals surface area contributed by atoms with Crippen molar-refractivity contribution < 1.29 is 4.79 Å². The number of hydrogen-bond acceptors (Lipinski definition) is 3. The molecule has 3 saturated heterocycles. The van der Waals surface area contributed by atoms with Crippen LogP contribution in [-0.4, -0.2) is 76.4 Å². The lowest BCUT2D eigenvalue weighted by atomic mass is 9.91. The maximum atomic E-state index is 12.7. The van der Waals surface area contributed by atoms with E-state index in [9.17, 15) is 4.79 Å². The molecule has 0 saturated carbocycles. The number of piperidine rings is 1. The highest BCUT2D eigenvalue weighted by molar-refractivity contribution is 5.92. The summed E-state index contributed by atoms with van der Waals surface area (Å²) in [7, 11) is 0. The molecule has 0 aromatic carbocycles. The van der Waals surface area contributed by atoms with Crippen molar-refractivity contribution in [3.8, 4) is 0 Å². The Labute approximate surface area is 151 Å². The van der Waals surface area contributed by atoms with Crippen molar-refractivity contribution in [3.05, 3.63) is 24.0 Å². The normalized spacial score (nSPS) is 31.0. The summed E-state index contributed by atoms with van der Waals surface area (Å²) in [6.45, 7) is 10.3. The number of fused-ring (bicyclic) bond motifs is 1. The van der Waals surface area contributed by atoms with E-state index in [1.54, 1.807) is 0 Å². The highest BCUT2D eigenvalue weighted by Gasteiger charge is 2.46. The van der Waals surface area contributed by atoms with E-state index in [0.717, 1.165) is 25.2 Å². The van der Waals surface area contributed by atoms with Crippen LogP contribution in [0, 0.1) is 5.92 Å². The Hall–Kier alpha value is -1.33. The summed E-state index contributed by atoms with van der Waals surface area (Å²) in [6.07, 6.45) is 6.92. The van der Waals surface area contributed by atoms with Crippen molar-refractivity contribution in [1.29, 1.82) is 0 Å². The molecule has 138 valence electrons. The van der Waals surface area contributed by atoms with Crippen LogP contribution in [0.4, 0.5) is 0 Å². The van der Waals surface area contributed by atoms with Gasteiger partial charge in [-0.05, 0) is 70.7 Å². The Morgan fingerprint density at radius 2 is 2.08 bits per heavy atom. The Morgan fingerprint density at radius 3 is 2.76 bits per heavy atom. The van der Waals surface area contributed by atoms with Gasteiger partial charge in [0.2, 0.25) is 0 Å². The molecule has 3 aliphatic heterocycles. The number of amides is 1. The number of nitrogens with zero attached hydrogens (tertiary/aromatic N) is 3. The zero-order chi connectivity index (χ0) is 17.4. The van der Waals surface area contributed by atoms with Gasteiger partial charge in [0, 0.05) is 44.0 Å². The molecule has 0 unspecified atom stereocenters. The summed E-state index contributed by atoms with van der Waals surface area (Å²) in [5, 5.41) is 0. The Morgan fingerprint density at radius 1 is 1.28 bits per heavy atom. The van der Waals surface area contributed by atoms with Crippen molar-refractivity contribution in [3.63, 3.8) is 0 Å². The molecule has 1 aromatic heterocycles. The second-order valence-electron chi connectivity index (χ2n) is 8.39. The van der Waals surface area contributed by atoms with Crippen molar-refractivity contribution in [2.75, 3.05) is 32.7 Å². The molecule has 4 rings (SSSR count). The zero-order valence-corrected chi connectivity index (χ0v) is 15.7. The quantitative estimate of drug-likeness (QED) is 0.912. The largest absolute Gasteiger partial charge is 0.357 e. The second kappa shape index (κ2) is 7.12. The highest BCUT2D eigenvalue weighted by atomic mass is 16.2. The van der Waals surface area contributed by atoms with Gasteiger partial charge < -0.3 is 14.8 Å². The summed E-state index contributed by atoms with van der Waals surface area (Å²) in [5.74, 6) is 0.796. The molecule has 3 fully saturated rings. The van der Waals surface area contributed by atoms with Crippen LogP contribution in [0.25, 0.3) is 0 Å². The van der Waals surface area contributed by atoms with Gasteiger partial charge in [0.05, 0.1) is 0 Å². The Balaban J connectivity index is 1.44. The molecule has 4 heterocycles. The zero-order valence-electron chi connectivity index (χ0n) is 15.7. The van der Waals surface area contributed by atoms with Crippen LogP contribution < -0.4 is 0 Å². The smallest absolute Gasteiger partial charge is 0.270 e. The van der Waals surface area contributed by atoms with Crippen LogP contribution in [0.15, 0.2) is 18.3 Å². The average Bonchev–Trinajstić information content (AvgIpc) is 3.34. The first kappa shape index (κ1) is 17.1. The molecular weight excluding hydrogens is 312 g/mol. The summed E-state index contributed by atoms with van der Waals surface area (Å²) in [6, 6.07) is 5.70. The minimum Gasteiger partial charge on any atom is -0.357 e. The predicted molar refractivity (Wildman–Crippen MR) is 99.6 cm³/mol. The summed E-state index contributed by atoms with van der Waals surface area (Å²) in [5.41, 5.74) is 0.728. The number of H-pyrrole nitrogens is 1. The molecule has 1 aromatic rings. The number of carbonyl (C=O) groups excluding carboxylic acids is 1. The number of rotatable bonds is 4. The number of aromatic nitrogens is 1. The van der Waals surface area contributed by atoms with E-state index in [0.29, 0.717) is 24.0 Å². The van der Waals surface area contributed by atoms with Crippen molar-refractivity contribution in [1.82, 2.24) is 19.7 Å². The second-order valence-corrected chi connectivity index (χ2v) is 8.39. The Kier molecular flexibility index (Phi) is 4.87. The lowest BCUT2D eigenvalue weighted by molar-refractivity contribution is 0.0512. The van der Waals surface area contributed by atoms with Gasteiger partial charge in [0.1, 0.15) is 5.69 Å². The van der Waals surface area contributed by atoms with Gasteiger partial charge in [0.15, 0.2) is 0 Å². The lowest BCUT2D eigenvalue weighted by Gasteiger charge is -2.40. The minimum absolute atomic E-state index is 0.169. The number of nitrogens with one attached hydrogen (secondary N) is 1. The SMILES string of the molecule is CC(C)N1[C@H](CN2CCCC2)C[C@@H]2CN(C(=O)c3ccc[nH]3)CC[C@@H]21. The van der Waals surface area contributed by atoms with Crippen molar-refractivity contribution in [2.24, 2.45) is 5.92 Å². The number of carbonyl (C=O) groups is 1. The third kappa shape index (κ3) is 3.36.